The third kappa shape index (κ3) is 6.89. The summed E-state index contributed by atoms with van der Waals surface area (Å²) in [6, 6.07) is 38.7. The average molecular weight is 515 g/mol. The number of anilines is 1. The summed E-state index contributed by atoms with van der Waals surface area (Å²) in [7, 11) is 4.29. The van der Waals surface area contributed by atoms with Crippen molar-refractivity contribution in [3.05, 3.63) is 130 Å². The first-order valence-corrected chi connectivity index (χ1v) is 12.5. The Bertz CT molecular complexity index is 1140. The maximum absolute atomic E-state index is 3.87. The molecule has 0 saturated heterocycles. The minimum absolute atomic E-state index is 0.224. The predicted octanol–water partition coefficient (Wildman–Crippen LogP) is 4.02. The van der Waals surface area contributed by atoms with Gasteiger partial charge in [0.15, 0.2) is 0 Å². The van der Waals surface area contributed by atoms with Gasteiger partial charge < -0.3 is 4.90 Å². The van der Waals surface area contributed by atoms with Crippen molar-refractivity contribution in [2.75, 3.05) is 19.4 Å². The van der Waals surface area contributed by atoms with Gasteiger partial charge in [-0.25, -0.2) is 5.32 Å². The maximum Gasteiger partial charge on any atom is 0.280 e. The second-order valence-corrected chi connectivity index (χ2v) is 9.72. The van der Waals surface area contributed by atoms with Crippen LogP contribution in [0.5, 0.6) is 0 Å². The van der Waals surface area contributed by atoms with E-state index in [9.17, 15) is 0 Å². The molecule has 0 atom stereocenters. The quantitative estimate of drug-likeness (QED) is 0.241. The highest BCUT2D eigenvalue weighted by Gasteiger charge is 2.18. The van der Waals surface area contributed by atoms with Crippen LogP contribution < -0.4 is 15.2 Å². The van der Waals surface area contributed by atoms with Gasteiger partial charge in [0.25, 0.3) is 5.84 Å². The number of halogens is 1. The molecule has 0 aliphatic rings. The van der Waals surface area contributed by atoms with Gasteiger partial charge in [0, 0.05) is 17.3 Å². The lowest BCUT2D eigenvalue weighted by Crippen LogP contribution is -3.00. The zero-order valence-corrected chi connectivity index (χ0v) is 21.3. The van der Waals surface area contributed by atoms with Gasteiger partial charge in [-0.05, 0) is 59.7 Å². The molecule has 3 N–H and O–H groups in total. The summed E-state index contributed by atoms with van der Waals surface area (Å²) in [6.45, 7) is 0. The van der Waals surface area contributed by atoms with E-state index in [4.69, 9.17) is 0 Å². The minimum Gasteiger partial charge on any atom is -0.307 e. The summed E-state index contributed by atoms with van der Waals surface area (Å²) in [5.74, 6) is 1.01. The SMILES string of the molecule is C[NH+](C)c1ccc(C(Nc2ccc(Br)cc2)=[NH+]C(Cc2ccccc2)Cc2ccccc2)cc1. The molecule has 0 spiro atoms. The van der Waals surface area contributed by atoms with Crippen molar-refractivity contribution in [1.29, 1.82) is 0 Å². The monoisotopic (exact) mass is 513 g/mol. The highest BCUT2D eigenvalue weighted by atomic mass is 79.9. The van der Waals surface area contributed by atoms with Crippen molar-refractivity contribution in [3.8, 4) is 0 Å². The first-order valence-electron chi connectivity index (χ1n) is 11.7. The van der Waals surface area contributed by atoms with E-state index >= 15 is 0 Å². The van der Waals surface area contributed by atoms with Crippen LogP contribution in [0.4, 0.5) is 11.4 Å². The van der Waals surface area contributed by atoms with E-state index in [1.807, 2.05) is 0 Å². The van der Waals surface area contributed by atoms with Crippen molar-refractivity contribution in [3.63, 3.8) is 0 Å². The van der Waals surface area contributed by atoms with Gasteiger partial charge in [-0.2, -0.15) is 0 Å². The minimum atomic E-state index is 0.224. The van der Waals surface area contributed by atoms with Gasteiger partial charge >= 0.3 is 0 Å². The Morgan fingerprint density at radius 3 is 1.76 bits per heavy atom. The molecular formula is C30H32BrN3+2. The van der Waals surface area contributed by atoms with Crippen molar-refractivity contribution < 1.29 is 9.89 Å². The molecule has 34 heavy (non-hydrogen) atoms. The van der Waals surface area contributed by atoms with Gasteiger partial charge in [-0.15, -0.1) is 0 Å². The number of hydrogen-bond donors (Lipinski definition) is 3. The summed E-state index contributed by atoms with van der Waals surface area (Å²) >= 11 is 3.54. The first kappa shape index (κ1) is 23.9. The lowest BCUT2D eigenvalue weighted by Gasteiger charge is -2.14. The Hall–Kier alpha value is -3.21. The van der Waals surface area contributed by atoms with Crippen molar-refractivity contribution in [2.45, 2.75) is 18.9 Å². The van der Waals surface area contributed by atoms with Crippen LogP contribution in [-0.4, -0.2) is 26.0 Å². The summed E-state index contributed by atoms with van der Waals surface area (Å²) in [5, 5.41) is 3.65. The molecule has 0 unspecified atom stereocenters. The van der Waals surface area contributed by atoms with Crippen LogP contribution in [0.3, 0.4) is 0 Å². The van der Waals surface area contributed by atoms with Crippen LogP contribution in [-0.2, 0) is 12.8 Å². The van der Waals surface area contributed by atoms with E-state index in [1.165, 1.54) is 21.7 Å². The van der Waals surface area contributed by atoms with E-state index in [1.54, 1.807) is 0 Å². The lowest BCUT2D eigenvalue weighted by atomic mass is 9.99. The van der Waals surface area contributed by atoms with E-state index in [0.29, 0.717) is 0 Å². The van der Waals surface area contributed by atoms with Crippen LogP contribution in [0, 0.1) is 0 Å². The maximum atomic E-state index is 3.87. The third-order valence-corrected chi connectivity index (χ3v) is 6.39. The standard InChI is InChI=1S/C30H30BrN3/c1-34(2)29-19-13-25(14-20-29)30(32-27-17-15-26(31)16-18-27)33-28(21-23-9-5-3-6-10-23)22-24-11-7-4-8-12-24/h3-20,28H,21-22H2,1-2H3,(H,32,33)/p+2. The second-order valence-electron chi connectivity index (χ2n) is 8.80. The summed E-state index contributed by atoms with van der Waals surface area (Å²) < 4.78 is 1.07. The Morgan fingerprint density at radius 2 is 1.26 bits per heavy atom. The molecule has 3 nitrogen and oxygen atoms in total. The van der Waals surface area contributed by atoms with Crippen LogP contribution in [0.1, 0.15) is 16.7 Å². The Labute approximate surface area is 211 Å². The summed E-state index contributed by atoms with van der Waals surface area (Å²) in [5.41, 5.74) is 6.10. The number of hydrogen-bond acceptors (Lipinski definition) is 0. The Morgan fingerprint density at radius 1 is 0.735 bits per heavy atom. The van der Waals surface area contributed by atoms with Crippen LogP contribution in [0.15, 0.2) is 114 Å². The number of nitrogens with one attached hydrogen (secondary N) is 3. The number of benzene rings is 4. The number of quaternary nitrogens is 1. The van der Waals surface area contributed by atoms with Crippen molar-refractivity contribution >= 4 is 33.1 Å². The molecule has 0 saturated carbocycles. The Balaban J connectivity index is 1.71. The average Bonchev–Trinajstić information content (AvgIpc) is 2.86. The lowest BCUT2D eigenvalue weighted by molar-refractivity contribution is -0.786. The number of rotatable bonds is 8. The first-order chi connectivity index (χ1) is 16.6. The van der Waals surface area contributed by atoms with Gasteiger partial charge in [-0.3, -0.25) is 4.99 Å². The topological polar surface area (TPSA) is 30.4 Å². The predicted molar refractivity (Wildman–Crippen MR) is 146 cm³/mol. The van der Waals surface area contributed by atoms with Crippen LogP contribution in [0.25, 0.3) is 0 Å². The Kier molecular flexibility index (Phi) is 8.29. The fraction of sp³-hybridized carbons (Fsp3) is 0.167. The van der Waals surface area contributed by atoms with Gasteiger partial charge in [0.2, 0.25) is 0 Å². The van der Waals surface area contributed by atoms with Crippen LogP contribution >= 0.6 is 15.9 Å². The third-order valence-electron chi connectivity index (χ3n) is 5.86. The van der Waals surface area contributed by atoms with Gasteiger partial charge in [-0.1, -0.05) is 76.6 Å². The molecule has 0 amide bonds. The largest absolute Gasteiger partial charge is 0.307 e. The number of amidine groups is 1. The molecule has 4 heteroatoms. The molecule has 4 aromatic rings. The summed E-state index contributed by atoms with van der Waals surface area (Å²) in [4.78, 5) is 5.18. The molecule has 0 bridgehead atoms. The molecule has 0 aliphatic carbocycles. The van der Waals surface area contributed by atoms with E-state index < -0.39 is 0 Å². The molecule has 4 rings (SSSR count). The summed E-state index contributed by atoms with van der Waals surface area (Å²) in [6.07, 6.45) is 1.86. The molecule has 0 aliphatic heterocycles. The van der Waals surface area contributed by atoms with Gasteiger partial charge in [0.05, 0.1) is 19.7 Å². The molecule has 0 heterocycles. The molecular weight excluding hydrogens is 482 g/mol. The zero-order chi connectivity index (χ0) is 23.8. The molecule has 0 radical (unpaired) electrons. The van der Waals surface area contributed by atoms with Crippen molar-refractivity contribution in [2.24, 2.45) is 0 Å². The fourth-order valence-corrected chi connectivity index (χ4v) is 4.28. The van der Waals surface area contributed by atoms with E-state index in [0.717, 1.165) is 34.4 Å². The molecule has 0 aromatic heterocycles. The highest BCUT2D eigenvalue weighted by Crippen LogP contribution is 2.15. The van der Waals surface area contributed by atoms with Crippen molar-refractivity contribution in [1.82, 2.24) is 0 Å². The van der Waals surface area contributed by atoms with E-state index in [-0.39, 0.29) is 6.04 Å². The highest BCUT2D eigenvalue weighted by molar-refractivity contribution is 9.10. The van der Waals surface area contributed by atoms with Gasteiger partial charge in [0.1, 0.15) is 17.4 Å². The smallest absolute Gasteiger partial charge is 0.280 e. The normalized spacial score (nSPS) is 11.7. The van der Waals surface area contributed by atoms with E-state index in [2.05, 4.69) is 150 Å². The zero-order valence-electron chi connectivity index (χ0n) is 19.8. The second kappa shape index (κ2) is 11.8. The van der Waals surface area contributed by atoms with Crippen LogP contribution in [0.2, 0.25) is 0 Å². The molecule has 0 fully saturated rings. The molecule has 172 valence electrons. The molecule has 4 aromatic carbocycles. The fourth-order valence-electron chi connectivity index (χ4n) is 4.01.